The van der Waals surface area contributed by atoms with E-state index >= 15 is 0 Å². The molecule has 0 bridgehead atoms. The number of carbonyl (C=O) groups excluding carboxylic acids is 1. The minimum absolute atomic E-state index is 0.0375. The summed E-state index contributed by atoms with van der Waals surface area (Å²) in [5.74, 6) is 1.57. The lowest BCUT2D eigenvalue weighted by Crippen LogP contribution is -2.29. The summed E-state index contributed by atoms with van der Waals surface area (Å²) in [5, 5.41) is 2.72. The second-order valence-electron chi connectivity index (χ2n) is 5.91. The number of ether oxygens (including phenoxy) is 1. The summed E-state index contributed by atoms with van der Waals surface area (Å²) in [5.41, 5.74) is 0.488. The van der Waals surface area contributed by atoms with Gasteiger partial charge in [-0.3, -0.25) is 4.79 Å². The zero-order chi connectivity index (χ0) is 21.4. The summed E-state index contributed by atoms with van der Waals surface area (Å²) in [6.45, 7) is -1.41. The molecule has 2 N–H and O–H groups in total. The van der Waals surface area contributed by atoms with Crippen LogP contribution in [0.15, 0.2) is 53.4 Å². The molecule has 0 aliphatic carbocycles. The third kappa shape index (κ3) is 6.01. The number of carbonyl (C=O) groups is 1. The number of benzene rings is 2. The molecule has 1 atom stereocenters. The topological polar surface area (TPSA) is 84.5 Å². The molecule has 1 unspecified atom stereocenters. The van der Waals surface area contributed by atoms with Crippen molar-refractivity contribution in [2.75, 3.05) is 6.54 Å². The number of alkyl halides is 2. The lowest BCUT2D eigenvalue weighted by molar-refractivity contribution is -0.0506. The first-order chi connectivity index (χ1) is 13.8. The molecular weight excluding hydrogens is 402 g/mol. The number of sulfonamides is 1. The Labute approximate surface area is 168 Å². The van der Waals surface area contributed by atoms with Crippen molar-refractivity contribution in [2.24, 2.45) is 0 Å². The van der Waals surface area contributed by atoms with Crippen molar-refractivity contribution >= 4 is 15.9 Å². The quantitative estimate of drug-likeness (QED) is 0.609. The van der Waals surface area contributed by atoms with E-state index in [0.29, 0.717) is 12.0 Å². The molecule has 0 fully saturated rings. The Hall–Kier alpha value is -2.96. The third-order valence-corrected chi connectivity index (χ3v) is 5.39. The average Bonchev–Trinajstić information content (AvgIpc) is 2.70. The smallest absolute Gasteiger partial charge is 0.387 e. The molecule has 6 nitrogen and oxygen atoms in total. The Kier molecular flexibility index (Phi) is 7.70. The number of halogens is 2. The minimum Gasteiger partial charge on any atom is -0.434 e. The Bertz CT molecular complexity index is 1000. The summed E-state index contributed by atoms with van der Waals surface area (Å²) in [6.07, 6.45) is 5.46. The van der Waals surface area contributed by atoms with Gasteiger partial charge in [0.1, 0.15) is 5.75 Å². The molecule has 1 amide bonds. The van der Waals surface area contributed by atoms with Gasteiger partial charge in [-0.25, -0.2) is 8.42 Å². The fourth-order valence-electron chi connectivity index (χ4n) is 2.64. The van der Waals surface area contributed by atoms with E-state index in [1.165, 1.54) is 30.3 Å². The largest absolute Gasteiger partial charge is 0.434 e. The number of amides is 1. The second-order valence-corrected chi connectivity index (χ2v) is 7.67. The van der Waals surface area contributed by atoms with Crippen LogP contribution in [0.3, 0.4) is 0 Å². The maximum absolute atomic E-state index is 12.7. The summed E-state index contributed by atoms with van der Waals surface area (Å²) in [6, 6.07) is 11.0. The van der Waals surface area contributed by atoms with E-state index in [1.54, 1.807) is 25.1 Å². The minimum atomic E-state index is -3.86. The van der Waals surface area contributed by atoms with Gasteiger partial charge in [-0.15, -0.1) is 6.42 Å². The highest BCUT2D eigenvalue weighted by atomic mass is 32.2. The molecule has 29 heavy (non-hydrogen) atoms. The van der Waals surface area contributed by atoms with E-state index in [1.807, 2.05) is 0 Å². The lowest BCUT2D eigenvalue weighted by Gasteiger charge is -2.20. The zero-order valence-electron chi connectivity index (χ0n) is 15.6. The number of rotatable bonds is 9. The molecule has 0 heterocycles. The maximum atomic E-state index is 12.7. The van der Waals surface area contributed by atoms with Gasteiger partial charge in [0.2, 0.25) is 10.0 Å². The summed E-state index contributed by atoms with van der Waals surface area (Å²) >= 11 is 0. The van der Waals surface area contributed by atoms with Crippen LogP contribution in [0.5, 0.6) is 5.75 Å². The van der Waals surface area contributed by atoms with E-state index < -0.39 is 28.6 Å². The van der Waals surface area contributed by atoms with E-state index in [0.717, 1.165) is 0 Å². The third-order valence-electron chi connectivity index (χ3n) is 3.99. The molecule has 0 radical (unpaired) electrons. The van der Waals surface area contributed by atoms with E-state index in [9.17, 15) is 22.0 Å². The predicted octanol–water partition coefficient (Wildman–Crippen LogP) is 3.08. The molecule has 0 aliphatic rings. The fourth-order valence-corrected chi connectivity index (χ4v) is 3.62. The number of nitrogens with one attached hydrogen (secondary N) is 2. The van der Waals surface area contributed by atoms with Gasteiger partial charge < -0.3 is 10.1 Å². The Morgan fingerprint density at radius 3 is 2.59 bits per heavy atom. The van der Waals surface area contributed by atoms with Gasteiger partial charge in [0.25, 0.3) is 5.91 Å². The highest BCUT2D eigenvalue weighted by Crippen LogP contribution is 2.28. The Morgan fingerprint density at radius 1 is 1.21 bits per heavy atom. The fraction of sp³-hybridized carbons (Fsp3) is 0.250. The van der Waals surface area contributed by atoms with E-state index in [4.69, 9.17) is 6.42 Å². The monoisotopic (exact) mass is 422 g/mol. The van der Waals surface area contributed by atoms with Gasteiger partial charge >= 0.3 is 6.61 Å². The summed E-state index contributed by atoms with van der Waals surface area (Å²) in [7, 11) is -3.86. The normalized spacial score (nSPS) is 12.2. The van der Waals surface area contributed by atoms with Gasteiger partial charge in [0.15, 0.2) is 0 Å². The molecule has 154 valence electrons. The number of hydrogen-bond donors (Lipinski definition) is 2. The molecule has 0 spiro atoms. The van der Waals surface area contributed by atoms with Crippen LogP contribution in [-0.4, -0.2) is 27.5 Å². The van der Waals surface area contributed by atoms with E-state index in [2.05, 4.69) is 20.7 Å². The van der Waals surface area contributed by atoms with Crippen LogP contribution in [0.25, 0.3) is 0 Å². The van der Waals surface area contributed by atoms with Crippen molar-refractivity contribution in [1.29, 1.82) is 0 Å². The number of terminal acetylenes is 1. The molecule has 0 aromatic heterocycles. The standard InChI is InChI=1S/C20H20F2N2O4S/c1-3-12-23-29(26,27)15-9-7-8-14(13-15)19(25)24-17(4-2)16-10-5-6-11-18(16)28-20(21)22/h1,5-11,13,17,20,23H,4,12H2,2H3,(H,24,25). The first kappa shape index (κ1) is 22.3. The van der Waals surface area contributed by atoms with Crippen molar-refractivity contribution < 1.29 is 26.7 Å². The maximum Gasteiger partial charge on any atom is 0.387 e. The number of hydrogen-bond acceptors (Lipinski definition) is 4. The molecular formula is C20H20F2N2O4S. The highest BCUT2D eigenvalue weighted by molar-refractivity contribution is 7.89. The van der Waals surface area contributed by atoms with Crippen molar-refractivity contribution in [3.8, 4) is 18.1 Å². The Morgan fingerprint density at radius 2 is 1.93 bits per heavy atom. The van der Waals surface area contributed by atoms with Crippen LogP contribution in [0.2, 0.25) is 0 Å². The molecule has 2 rings (SSSR count). The van der Waals surface area contributed by atoms with Crippen LogP contribution in [0, 0.1) is 12.3 Å². The predicted molar refractivity (Wildman–Crippen MR) is 104 cm³/mol. The first-order valence-corrected chi connectivity index (χ1v) is 10.1. The van der Waals surface area contributed by atoms with Crippen molar-refractivity contribution in [3.63, 3.8) is 0 Å². The molecule has 2 aromatic carbocycles. The van der Waals surface area contributed by atoms with Crippen LogP contribution in [0.4, 0.5) is 8.78 Å². The van der Waals surface area contributed by atoms with Crippen molar-refractivity contribution in [2.45, 2.75) is 30.9 Å². The van der Waals surface area contributed by atoms with Gasteiger partial charge in [-0.2, -0.15) is 13.5 Å². The van der Waals surface area contributed by atoms with Crippen molar-refractivity contribution in [1.82, 2.24) is 10.0 Å². The van der Waals surface area contributed by atoms with Gasteiger partial charge in [0.05, 0.1) is 17.5 Å². The summed E-state index contributed by atoms with van der Waals surface area (Å²) in [4.78, 5) is 12.6. The van der Waals surface area contributed by atoms with Gasteiger partial charge in [-0.05, 0) is 30.7 Å². The second kappa shape index (κ2) is 10.0. The molecule has 9 heteroatoms. The zero-order valence-corrected chi connectivity index (χ0v) is 16.4. The van der Waals surface area contributed by atoms with Crippen LogP contribution in [0.1, 0.15) is 35.3 Å². The number of para-hydroxylation sites is 1. The molecule has 0 saturated carbocycles. The average molecular weight is 422 g/mol. The summed E-state index contributed by atoms with van der Waals surface area (Å²) < 4.78 is 56.4. The van der Waals surface area contributed by atoms with Gasteiger partial charge in [0, 0.05) is 11.1 Å². The van der Waals surface area contributed by atoms with Crippen molar-refractivity contribution in [3.05, 3.63) is 59.7 Å². The van der Waals surface area contributed by atoms with Gasteiger partial charge in [-0.1, -0.05) is 37.1 Å². The Balaban J connectivity index is 2.26. The SMILES string of the molecule is C#CCNS(=O)(=O)c1cccc(C(=O)NC(CC)c2ccccc2OC(F)F)c1. The highest BCUT2D eigenvalue weighted by Gasteiger charge is 2.21. The molecule has 0 saturated heterocycles. The van der Waals surface area contributed by atoms with Crippen LogP contribution < -0.4 is 14.8 Å². The van der Waals surface area contributed by atoms with E-state index in [-0.39, 0.29) is 22.8 Å². The molecule has 0 aliphatic heterocycles. The first-order valence-electron chi connectivity index (χ1n) is 8.66. The van der Waals surface area contributed by atoms with Crippen LogP contribution >= 0.6 is 0 Å². The lowest BCUT2D eigenvalue weighted by atomic mass is 10.0. The molecule has 2 aromatic rings. The van der Waals surface area contributed by atoms with Crippen LogP contribution in [-0.2, 0) is 10.0 Å².